The molecule has 1 atom stereocenters. The van der Waals surface area contributed by atoms with E-state index in [1.807, 2.05) is 54.6 Å². The molecule has 4 aromatic rings. The highest BCUT2D eigenvalue weighted by atomic mass is 16.6. The van der Waals surface area contributed by atoms with E-state index in [4.69, 9.17) is 4.63 Å². The van der Waals surface area contributed by atoms with Gasteiger partial charge in [-0.15, -0.1) is 0 Å². The van der Waals surface area contributed by atoms with Gasteiger partial charge in [0.2, 0.25) is 0 Å². The zero-order chi connectivity index (χ0) is 17.1. The highest BCUT2D eigenvalue weighted by Gasteiger charge is 2.09. The van der Waals surface area contributed by atoms with Crippen LogP contribution in [0.15, 0.2) is 65.6 Å². The molecule has 0 spiro atoms. The Morgan fingerprint density at radius 3 is 2.68 bits per heavy atom. The van der Waals surface area contributed by atoms with Crippen molar-refractivity contribution in [1.82, 2.24) is 20.3 Å². The summed E-state index contributed by atoms with van der Waals surface area (Å²) in [5.74, 6) is 0.637. The van der Waals surface area contributed by atoms with Crippen molar-refractivity contribution in [1.29, 1.82) is 0 Å². The molecule has 25 heavy (non-hydrogen) atoms. The van der Waals surface area contributed by atoms with Crippen LogP contribution in [-0.2, 0) is 0 Å². The van der Waals surface area contributed by atoms with Gasteiger partial charge >= 0.3 is 0 Å². The lowest BCUT2D eigenvalue weighted by molar-refractivity contribution is 0.191. The number of aliphatic hydroxyl groups is 1. The summed E-state index contributed by atoms with van der Waals surface area (Å²) < 4.78 is 4.71. The smallest absolute Gasteiger partial charge is 0.135 e. The highest BCUT2D eigenvalue weighted by Crippen LogP contribution is 2.22. The summed E-state index contributed by atoms with van der Waals surface area (Å²) in [5, 5.41) is 21.0. The van der Waals surface area contributed by atoms with Crippen LogP contribution in [0, 0.1) is 0 Å². The van der Waals surface area contributed by atoms with Gasteiger partial charge in [-0.3, -0.25) is 0 Å². The predicted octanol–water partition coefficient (Wildman–Crippen LogP) is 2.83. The Kier molecular flexibility index (Phi) is 4.05. The van der Waals surface area contributed by atoms with Crippen LogP contribution in [0.3, 0.4) is 0 Å². The van der Waals surface area contributed by atoms with Crippen LogP contribution >= 0.6 is 0 Å². The summed E-state index contributed by atoms with van der Waals surface area (Å²) in [6, 6.07) is 16.9. The maximum atomic E-state index is 10.2. The molecule has 124 valence electrons. The number of hydrogen-bond acceptors (Lipinski definition) is 7. The number of rotatable bonds is 5. The van der Waals surface area contributed by atoms with Gasteiger partial charge in [-0.25, -0.2) is 14.6 Å². The van der Waals surface area contributed by atoms with Crippen molar-refractivity contribution in [2.24, 2.45) is 0 Å². The predicted molar refractivity (Wildman–Crippen MR) is 92.7 cm³/mol. The van der Waals surface area contributed by atoms with Gasteiger partial charge in [-0.2, -0.15) is 0 Å². The maximum absolute atomic E-state index is 10.2. The Hall–Kier alpha value is -3.32. The van der Waals surface area contributed by atoms with E-state index < -0.39 is 6.10 Å². The topological polar surface area (TPSA) is 97.0 Å². The molecule has 0 radical (unpaired) electrons. The van der Waals surface area contributed by atoms with Gasteiger partial charge in [0, 0.05) is 18.2 Å². The molecule has 0 saturated heterocycles. The number of aromatic nitrogens is 4. The minimum absolute atomic E-state index is 0.354. The first-order valence-electron chi connectivity index (χ1n) is 7.81. The van der Waals surface area contributed by atoms with Crippen molar-refractivity contribution in [3.63, 3.8) is 0 Å². The van der Waals surface area contributed by atoms with E-state index >= 15 is 0 Å². The molecule has 0 fully saturated rings. The average Bonchev–Trinajstić information content (AvgIpc) is 3.15. The highest BCUT2D eigenvalue weighted by molar-refractivity contribution is 5.79. The first-order valence-corrected chi connectivity index (χ1v) is 7.81. The third kappa shape index (κ3) is 3.31. The molecule has 0 aliphatic carbocycles. The number of nitrogens with one attached hydrogen (secondary N) is 1. The van der Waals surface area contributed by atoms with Gasteiger partial charge in [-0.1, -0.05) is 36.4 Å². The molecule has 2 N–H and O–H groups in total. The summed E-state index contributed by atoms with van der Waals surface area (Å²) in [6.07, 6.45) is 0.870. The van der Waals surface area contributed by atoms with E-state index in [1.54, 1.807) is 0 Å². The van der Waals surface area contributed by atoms with Crippen LogP contribution in [0.1, 0.15) is 11.7 Å². The first-order chi connectivity index (χ1) is 12.3. The van der Waals surface area contributed by atoms with Crippen molar-refractivity contribution >= 4 is 16.9 Å². The minimum atomic E-state index is -0.614. The first kappa shape index (κ1) is 15.2. The molecule has 0 aliphatic heterocycles. The number of fused-ring (bicyclic) bond motifs is 1. The van der Waals surface area contributed by atoms with Crippen molar-refractivity contribution in [3.05, 3.63) is 66.5 Å². The normalized spacial score (nSPS) is 12.2. The number of aliphatic hydroxyl groups excluding tert-OH is 1. The Bertz CT molecular complexity index is 987. The quantitative estimate of drug-likeness (QED) is 0.579. The lowest BCUT2D eigenvalue weighted by atomic mass is 10.1. The van der Waals surface area contributed by atoms with Gasteiger partial charge < -0.3 is 10.4 Å². The van der Waals surface area contributed by atoms with E-state index in [2.05, 4.69) is 25.6 Å². The fraction of sp³-hybridized carbons (Fsp3) is 0.111. The van der Waals surface area contributed by atoms with Gasteiger partial charge in [-0.05, 0) is 28.0 Å². The van der Waals surface area contributed by atoms with E-state index in [9.17, 15) is 5.11 Å². The van der Waals surface area contributed by atoms with Crippen LogP contribution in [0.4, 0.5) is 5.82 Å². The van der Waals surface area contributed by atoms with Crippen LogP contribution < -0.4 is 5.32 Å². The van der Waals surface area contributed by atoms with Crippen LogP contribution in [-0.4, -0.2) is 31.9 Å². The lowest BCUT2D eigenvalue weighted by Crippen LogP contribution is -2.13. The molecular formula is C18H15N5O2. The molecule has 0 saturated carbocycles. The van der Waals surface area contributed by atoms with Crippen LogP contribution in [0.25, 0.3) is 22.3 Å². The largest absolute Gasteiger partial charge is 0.387 e. The fourth-order valence-electron chi connectivity index (χ4n) is 2.55. The fourth-order valence-corrected chi connectivity index (χ4v) is 2.55. The number of anilines is 1. The van der Waals surface area contributed by atoms with Gasteiger partial charge in [0.15, 0.2) is 0 Å². The second kappa shape index (κ2) is 6.66. The molecule has 0 bridgehead atoms. The van der Waals surface area contributed by atoms with Crippen molar-refractivity contribution in [2.45, 2.75) is 6.10 Å². The molecule has 2 aromatic heterocycles. The molecule has 1 unspecified atom stereocenters. The molecular weight excluding hydrogens is 318 g/mol. The SMILES string of the molecule is OC(CNc1cc(-c2ccc3nonc3c2)ncn1)c1ccccc1. The van der Waals surface area contributed by atoms with Gasteiger partial charge in [0.25, 0.3) is 0 Å². The molecule has 2 heterocycles. The number of benzene rings is 2. The Morgan fingerprint density at radius 1 is 0.960 bits per heavy atom. The third-order valence-electron chi connectivity index (χ3n) is 3.88. The second-order valence-corrected chi connectivity index (χ2v) is 5.56. The van der Waals surface area contributed by atoms with Gasteiger partial charge in [0.1, 0.15) is 23.2 Å². The summed E-state index contributed by atoms with van der Waals surface area (Å²) in [6.45, 7) is 0.354. The standard InChI is InChI=1S/C18H15N5O2/c24-17(12-4-2-1-3-5-12)10-19-18-9-15(20-11-21-18)13-6-7-14-16(8-13)23-25-22-14/h1-9,11,17,24H,10H2,(H,19,20,21). The summed E-state index contributed by atoms with van der Waals surface area (Å²) >= 11 is 0. The lowest BCUT2D eigenvalue weighted by Gasteiger charge is -2.13. The zero-order valence-electron chi connectivity index (χ0n) is 13.2. The molecule has 4 rings (SSSR count). The van der Waals surface area contributed by atoms with Gasteiger partial charge in [0.05, 0.1) is 11.8 Å². The second-order valence-electron chi connectivity index (χ2n) is 5.56. The Balaban J connectivity index is 1.51. The Labute approximate surface area is 143 Å². The molecule has 7 heteroatoms. The van der Waals surface area contributed by atoms with Crippen molar-refractivity contribution < 1.29 is 9.74 Å². The maximum Gasteiger partial charge on any atom is 0.135 e. The summed E-state index contributed by atoms with van der Waals surface area (Å²) in [4.78, 5) is 8.50. The molecule has 0 amide bonds. The molecule has 7 nitrogen and oxygen atoms in total. The van der Waals surface area contributed by atoms with Crippen molar-refractivity contribution in [2.75, 3.05) is 11.9 Å². The number of hydrogen-bond donors (Lipinski definition) is 2. The monoisotopic (exact) mass is 333 g/mol. The van der Waals surface area contributed by atoms with E-state index in [0.717, 1.165) is 16.8 Å². The minimum Gasteiger partial charge on any atom is -0.387 e. The summed E-state index contributed by atoms with van der Waals surface area (Å²) in [5.41, 5.74) is 3.86. The Morgan fingerprint density at radius 2 is 1.80 bits per heavy atom. The molecule has 2 aromatic carbocycles. The third-order valence-corrected chi connectivity index (χ3v) is 3.88. The van der Waals surface area contributed by atoms with Crippen LogP contribution in [0.2, 0.25) is 0 Å². The summed E-state index contributed by atoms with van der Waals surface area (Å²) in [7, 11) is 0. The van der Waals surface area contributed by atoms with E-state index in [1.165, 1.54) is 6.33 Å². The zero-order valence-corrected chi connectivity index (χ0v) is 13.2. The number of nitrogens with zero attached hydrogens (tertiary/aromatic N) is 4. The van der Waals surface area contributed by atoms with Crippen molar-refractivity contribution in [3.8, 4) is 11.3 Å². The molecule has 0 aliphatic rings. The van der Waals surface area contributed by atoms with Crippen LogP contribution in [0.5, 0.6) is 0 Å². The van der Waals surface area contributed by atoms with E-state index in [-0.39, 0.29) is 0 Å². The average molecular weight is 333 g/mol. The van der Waals surface area contributed by atoms with E-state index in [0.29, 0.717) is 23.4 Å².